The average Bonchev–Trinajstić information content (AvgIpc) is 3.29. The predicted molar refractivity (Wildman–Crippen MR) is 118 cm³/mol. The first-order valence-electron chi connectivity index (χ1n) is 10.4. The Kier molecular flexibility index (Phi) is 5.75. The largest absolute Gasteiger partial charge is 0.416 e. The van der Waals surface area contributed by atoms with E-state index in [-0.39, 0.29) is 24.5 Å². The van der Waals surface area contributed by atoms with Crippen LogP contribution in [0.1, 0.15) is 39.5 Å². The lowest BCUT2D eigenvalue weighted by Crippen LogP contribution is -2.27. The third-order valence-electron chi connectivity index (χ3n) is 5.53. The van der Waals surface area contributed by atoms with Gasteiger partial charge in [0.1, 0.15) is 0 Å². The molecule has 0 spiro atoms. The van der Waals surface area contributed by atoms with Crippen molar-refractivity contribution in [1.29, 1.82) is 0 Å². The van der Waals surface area contributed by atoms with Crippen molar-refractivity contribution in [3.63, 3.8) is 0 Å². The summed E-state index contributed by atoms with van der Waals surface area (Å²) in [7, 11) is 0. The van der Waals surface area contributed by atoms with Gasteiger partial charge in [-0.25, -0.2) is 9.67 Å². The van der Waals surface area contributed by atoms with Crippen molar-refractivity contribution in [2.75, 3.05) is 5.73 Å². The van der Waals surface area contributed by atoms with Gasteiger partial charge in [-0.1, -0.05) is 6.07 Å². The number of amides is 1. The van der Waals surface area contributed by atoms with E-state index in [1.54, 1.807) is 39.8 Å². The molecule has 0 unspecified atom stereocenters. The molecule has 3 heterocycles. The van der Waals surface area contributed by atoms with Crippen LogP contribution in [-0.2, 0) is 23.9 Å². The van der Waals surface area contributed by atoms with E-state index < -0.39 is 17.6 Å². The van der Waals surface area contributed by atoms with E-state index in [1.807, 2.05) is 0 Å². The Morgan fingerprint density at radius 1 is 1.09 bits per heavy atom. The summed E-state index contributed by atoms with van der Waals surface area (Å²) < 4.78 is 44.3. The Hall–Kier alpha value is -3.96. The number of hydrogen-bond acceptors (Lipinski definition) is 6. The number of nitrogens with two attached hydrogens (primary N) is 1. The molecule has 3 N–H and O–H groups in total. The summed E-state index contributed by atoms with van der Waals surface area (Å²) in [5, 5.41) is 10.9. The minimum absolute atomic E-state index is 0.0443. The molecule has 4 aromatic rings. The first-order chi connectivity index (χ1) is 15.9. The average molecular weight is 472 g/mol. The number of nitrogen functional groups attached to an aromatic ring is 1. The van der Waals surface area contributed by atoms with Crippen molar-refractivity contribution >= 4 is 17.6 Å². The molecule has 0 fully saturated rings. The summed E-state index contributed by atoms with van der Waals surface area (Å²) in [6.45, 7) is 6.73. The van der Waals surface area contributed by atoms with Gasteiger partial charge in [0.2, 0.25) is 11.9 Å². The first kappa shape index (κ1) is 23.2. The number of hydrogen-bond donors (Lipinski definition) is 2. The number of anilines is 1. The minimum atomic E-state index is -4.60. The number of fused-ring (bicyclic) bond motifs is 1. The number of carbonyl (C=O) groups excluding carboxylic acids is 1. The number of halogens is 3. The molecule has 0 atom stereocenters. The molecule has 9 nitrogen and oxygen atoms in total. The Morgan fingerprint density at radius 2 is 1.82 bits per heavy atom. The zero-order valence-electron chi connectivity index (χ0n) is 19.0. The fraction of sp³-hybridized carbons (Fsp3) is 0.318. The topological polar surface area (TPSA) is 116 Å². The molecule has 0 saturated heterocycles. The Morgan fingerprint density at radius 3 is 2.47 bits per heavy atom. The molecule has 4 rings (SSSR count). The summed E-state index contributed by atoms with van der Waals surface area (Å²) in [5.41, 5.74) is 8.27. The van der Waals surface area contributed by atoms with Crippen LogP contribution in [0.15, 0.2) is 24.3 Å². The molecule has 1 amide bonds. The van der Waals surface area contributed by atoms with Crippen LogP contribution >= 0.6 is 0 Å². The fourth-order valence-electron chi connectivity index (χ4n) is 3.90. The van der Waals surface area contributed by atoms with Crippen molar-refractivity contribution in [2.24, 2.45) is 0 Å². The highest BCUT2D eigenvalue weighted by Gasteiger charge is 2.34. The van der Waals surface area contributed by atoms with Crippen LogP contribution in [0, 0.1) is 27.7 Å². The van der Waals surface area contributed by atoms with E-state index in [9.17, 15) is 18.0 Å². The molecule has 0 aliphatic heterocycles. The number of alkyl halides is 3. The highest BCUT2D eigenvalue weighted by atomic mass is 19.4. The fourth-order valence-corrected chi connectivity index (χ4v) is 3.90. The highest BCUT2D eigenvalue weighted by molar-refractivity contribution is 5.79. The smallest absolute Gasteiger partial charge is 0.366 e. The van der Waals surface area contributed by atoms with E-state index >= 15 is 0 Å². The summed E-state index contributed by atoms with van der Waals surface area (Å²) in [6.07, 6.45) is -4.67. The molecule has 178 valence electrons. The van der Waals surface area contributed by atoms with Crippen molar-refractivity contribution in [3.05, 3.63) is 63.7 Å². The van der Waals surface area contributed by atoms with Gasteiger partial charge in [0, 0.05) is 29.2 Å². The quantitative estimate of drug-likeness (QED) is 0.461. The van der Waals surface area contributed by atoms with Crippen LogP contribution in [0.4, 0.5) is 19.1 Å². The number of rotatable bonds is 5. The SMILES string of the molecule is Cc1cc(C)n(-c2ccc(CNC(=O)Cc3c(C)nc4nc(N)nn4c3C)c(C(F)(F)F)c2)n1. The second-order valence-electron chi connectivity index (χ2n) is 8.07. The molecule has 1 aromatic carbocycles. The van der Waals surface area contributed by atoms with Crippen molar-refractivity contribution in [2.45, 2.75) is 46.8 Å². The van der Waals surface area contributed by atoms with Crippen LogP contribution in [0.5, 0.6) is 0 Å². The van der Waals surface area contributed by atoms with Crippen LogP contribution in [0.3, 0.4) is 0 Å². The molecule has 0 bridgehead atoms. The van der Waals surface area contributed by atoms with Gasteiger partial charge in [-0.05, 0) is 51.5 Å². The van der Waals surface area contributed by atoms with Gasteiger partial charge in [0.05, 0.1) is 23.4 Å². The zero-order chi connectivity index (χ0) is 24.8. The molecule has 0 radical (unpaired) electrons. The number of aromatic nitrogens is 6. The predicted octanol–water partition coefficient (Wildman–Crippen LogP) is 3.00. The lowest BCUT2D eigenvalue weighted by Gasteiger charge is -2.16. The number of nitrogens with zero attached hydrogens (tertiary/aromatic N) is 6. The van der Waals surface area contributed by atoms with Gasteiger partial charge < -0.3 is 11.1 Å². The number of carbonyl (C=O) groups is 1. The third kappa shape index (κ3) is 4.43. The Bertz CT molecular complexity index is 1400. The van der Waals surface area contributed by atoms with Gasteiger partial charge in [-0.3, -0.25) is 4.79 Å². The zero-order valence-corrected chi connectivity index (χ0v) is 19.0. The molecule has 0 saturated carbocycles. The minimum Gasteiger partial charge on any atom is -0.366 e. The number of nitrogens with one attached hydrogen (secondary N) is 1. The summed E-state index contributed by atoms with van der Waals surface area (Å²) in [5.74, 6) is -0.0782. The van der Waals surface area contributed by atoms with E-state index in [0.29, 0.717) is 34.1 Å². The molecule has 34 heavy (non-hydrogen) atoms. The molecular formula is C22H23F3N8O. The molecule has 12 heteroatoms. The van der Waals surface area contributed by atoms with Crippen molar-refractivity contribution in [1.82, 2.24) is 34.7 Å². The maximum Gasteiger partial charge on any atom is 0.416 e. The lowest BCUT2D eigenvalue weighted by atomic mass is 10.0. The van der Waals surface area contributed by atoms with Crippen LogP contribution in [0.25, 0.3) is 11.5 Å². The molecule has 0 aliphatic carbocycles. The summed E-state index contributed by atoms with van der Waals surface area (Å²) >= 11 is 0. The van der Waals surface area contributed by atoms with E-state index in [4.69, 9.17) is 5.73 Å². The number of benzene rings is 1. The van der Waals surface area contributed by atoms with E-state index in [1.165, 1.54) is 15.3 Å². The first-order valence-corrected chi connectivity index (χ1v) is 10.4. The van der Waals surface area contributed by atoms with Gasteiger partial charge in [0.15, 0.2) is 0 Å². The van der Waals surface area contributed by atoms with Crippen LogP contribution in [0.2, 0.25) is 0 Å². The second kappa shape index (κ2) is 8.43. The summed E-state index contributed by atoms with van der Waals surface area (Å²) in [4.78, 5) is 20.9. The molecular weight excluding hydrogens is 449 g/mol. The monoisotopic (exact) mass is 472 g/mol. The van der Waals surface area contributed by atoms with Crippen molar-refractivity contribution in [3.8, 4) is 5.69 Å². The van der Waals surface area contributed by atoms with Gasteiger partial charge >= 0.3 is 6.18 Å². The van der Waals surface area contributed by atoms with Gasteiger partial charge in [-0.15, -0.1) is 5.10 Å². The Labute approximate surface area is 192 Å². The normalized spacial score (nSPS) is 11.9. The van der Waals surface area contributed by atoms with Gasteiger partial charge in [0.25, 0.3) is 5.78 Å². The van der Waals surface area contributed by atoms with Crippen molar-refractivity contribution < 1.29 is 18.0 Å². The maximum absolute atomic E-state index is 13.8. The van der Waals surface area contributed by atoms with E-state index in [0.717, 1.165) is 11.8 Å². The Balaban J connectivity index is 1.56. The molecule has 0 aliphatic rings. The highest BCUT2D eigenvalue weighted by Crippen LogP contribution is 2.33. The second-order valence-corrected chi connectivity index (χ2v) is 8.07. The third-order valence-corrected chi connectivity index (χ3v) is 5.53. The lowest BCUT2D eigenvalue weighted by molar-refractivity contribution is -0.138. The molecule has 3 aromatic heterocycles. The maximum atomic E-state index is 13.8. The van der Waals surface area contributed by atoms with Crippen LogP contribution in [-0.4, -0.2) is 35.3 Å². The van der Waals surface area contributed by atoms with Gasteiger partial charge in [-0.2, -0.15) is 27.8 Å². The summed E-state index contributed by atoms with van der Waals surface area (Å²) in [6, 6.07) is 5.74. The van der Waals surface area contributed by atoms with E-state index in [2.05, 4.69) is 25.5 Å². The number of aryl methyl sites for hydroxylation is 4. The standard InChI is InChI=1S/C22H23F3N8O/c1-11-7-12(2)32(30-11)16-6-5-15(18(8-16)22(23,24)25)10-27-19(34)9-17-13(3)28-21-29-20(26)31-33(21)14(17)4/h5-8H,9-10H2,1-4H3,(H2,26,31)(H,27,34). The van der Waals surface area contributed by atoms with Crippen LogP contribution < -0.4 is 11.1 Å².